The molecule has 3 atom stereocenters. The summed E-state index contributed by atoms with van der Waals surface area (Å²) in [6.45, 7) is 4.23. The molecule has 1 heteroatoms. The molecule has 2 aromatic rings. The van der Waals surface area contributed by atoms with Gasteiger partial charge in [-0.1, -0.05) is 59.7 Å². The van der Waals surface area contributed by atoms with Crippen LogP contribution in [0.5, 0.6) is 0 Å². The Morgan fingerprint density at radius 1 is 0.818 bits per heavy atom. The lowest BCUT2D eigenvalue weighted by molar-refractivity contribution is -0.0392. The summed E-state index contributed by atoms with van der Waals surface area (Å²) in [4.78, 5) is 0. The van der Waals surface area contributed by atoms with E-state index in [1.54, 1.807) is 0 Å². The van der Waals surface area contributed by atoms with E-state index >= 15 is 0 Å². The standard InChI is InChI=1S/C21H24O/c1-15-3-7-18(8-4-15)20-12-11-17(13-20)14-21(20,22)19-9-5-16(2)6-10-19/h3-10,17,22H,11-14H2,1-2H3. The molecule has 0 saturated heterocycles. The highest BCUT2D eigenvalue weighted by atomic mass is 16.3. The second-order valence-electron chi connectivity index (χ2n) is 7.49. The van der Waals surface area contributed by atoms with Gasteiger partial charge in [0.05, 0.1) is 5.60 Å². The fourth-order valence-corrected chi connectivity index (χ4v) is 4.91. The molecule has 0 aliphatic heterocycles. The van der Waals surface area contributed by atoms with Crippen molar-refractivity contribution in [3.8, 4) is 0 Å². The zero-order chi connectivity index (χ0) is 15.4. The second kappa shape index (κ2) is 4.70. The van der Waals surface area contributed by atoms with Gasteiger partial charge in [-0.15, -0.1) is 0 Å². The SMILES string of the molecule is Cc1ccc(C2(O)CC3CCC2(c2ccc(C)cc2)C3)cc1. The molecule has 1 nitrogen and oxygen atoms in total. The van der Waals surface area contributed by atoms with Crippen LogP contribution in [0.15, 0.2) is 48.5 Å². The van der Waals surface area contributed by atoms with Gasteiger partial charge < -0.3 is 5.11 Å². The highest BCUT2D eigenvalue weighted by molar-refractivity contribution is 5.42. The third kappa shape index (κ3) is 1.82. The fourth-order valence-electron chi connectivity index (χ4n) is 4.91. The first-order valence-electron chi connectivity index (χ1n) is 8.40. The maximum Gasteiger partial charge on any atom is 0.0995 e. The number of fused-ring (bicyclic) bond motifs is 2. The van der Waals surface area contributed by atoms with Gasteiger partial charge in [-0.05, 0) is 56.6 Å². The average Bonchev–Trinajstić information content (AvgIpc) is 3.05. The van der Waals surface area contributed by atoms with E-state index in [0.29, 0.717) is 5.92 Å². The molecule has 0 heterocycles. The molecule has 2 bridgehead atoms. The fraction of sp³-hybridized carbons (Fsp3) is 0.429. The van der Waals surface area contributed by atoms with E-state index in [1.807, 2.05) is 0 Å². The Labute approximate surface area is 133 Å². The highest BCUT2D eigenvalue weighted by Crippen LogP contribution is 2.64. The van der Waals surface area contributed by atoms with Crippen LogP contribution in [0.4, 0.5) is 0 Å². The smallest absolute Gasteiger partial charge is 0.0995 e. The van der Waals surface area contributed by atoms with Crippen molar-refractivity contribution in [2.45, 2.75) is 50.5 Å². The van der Waals surface area contributed by atoms with Crippen LogP contribution in [0.2, 0.25) is 0 Å². The minimum atomic E-state index is -0.709. The molecule has 0 radical (unpaired) electrons. The van der Waals surface area contributed by atoms with Crippen LogP contribution in [0, 0.1) is 19.8 Å². The number of benzene rings is 2. The summed E-state index contributed by atoms with van der Waals surface area (Å²) in [5, 5.41) is 11.7. The van der Waals surface area contributed by atoms with Gasteiger partial charge in [0.25, 0.3) is 0 Å². The van der Waals surface area contributed by atoms with Gasteiger partial charge in [0, 0.05) is 5.41 Å². The summed E-state index contributed by atoms with van der Waals surface area (Å²) < 4.78 is 0. The van der Waals surface area contributed by atoms with E-state index in [4.69, 9.17) is 0 Å². The predicted molar refractivity (Wildman–Crippen MR) is 89.9 cm³/mol. The first-order valence-corrected chi connectivity index (χ1v) is 8.40. The topological polar surface area (TPSA) is 20.2 Å². The zero-order valence-corrected chi connectivity index (χ0v) is 13.5. The zero-order valence-electron chi connectivity index (χ0n) is 13.5. The largest absolute Gasteiger partial charge is 0.384 e. The van der Waals surface area contributed by atoms with Crippen LogP contribution in [0.1, 0.15) is 47.9 Å². The van der Waals surface area contributed by atoms with E-state index in [2.05, 4.69) is 62.4 Å². The second-order valence-corrected chi connectivity index (χ2v) is 7.49. The van der Waals surface area contributed by atoms with Crippen LogP contribution in [-0.4, -0.2) is 5.11 Å². The number of hydrogen-bond acceptors (Lipinski definition) is 1. The van der Waals surface area contributed by atoms with Crippen LogP contribution in [-0.2, 0) is 11.0 Å². The van der Waals surface area contributed by atoms with E-state index in [1.165, 1.54) is 23.1 Å². The molecular formula is C21H24O. The molecule has 22 heavy (non-hydrogen) atoms. The van der Waals surface area contributed by atoms with E-state index in [0.717, 1.165) is 24.8 Å². The highest BCUT2D eigenvalue weighted by Gasteiger charge is 2.62. The molecular weight excluding hydrogens is 268 g/mol. The first kappa shape index (κ1) is 14.0. The molecule has 2 fully saturated rings. The van der Waals surface area contributed by atoms with Crippen LogP contribution in [0.3, 0.4) is 0 Å². The number of aliphatic hydroxyl groups is 1. The molecule has 2 aliphatic carbocycles. The molecule has 0 spiro atoms. The van der Waals surface area contributed by atoms with E-state index < -0.39 is 5.60 Å². The van der Waals surface area contributed by atoms with Gasteiger partial charge in [0.2, 0.25) is 0 Å². The number of aryl methyl sites for hydroxylation is 2. The lowest BCUT2D eigenvalue weighted by Crippen LogP contribution is -2.45. The molecule has 4 rings (SSSR count). The monoisotopic (exact) mass is 292 g/mol. The summed E-state index contributed by atoms with van der Waals surface area (Å²) in [5.41, 5.74) is 4.15. The molecule has 2 aromatic carbocycles. The summed E-state index contributed by atoms with van der Waals surface area (Å²) in [6, 6.07) is 17.4. The maximum atomic E-state index is 11.7. The van der Waals surface area contributed by atoms with Gasteiger partial charge in [-0.2, -0.15) is 0 Å². The van der Waals surface area contributed by atoms with Gasteiger partial charge in [0.15, 0.2) is 0 Å². The lowest BCUT2D eigenvalue weighted by Gasteiger charge is -2.44. The third-order valence-corrected chi connectivity index (χ3v) is 6.13. The van der Waals surface area contributed by atoms with Gasteiger partial charge >= 0.3 is 0 Å². The minimum Gasteiger partial charge on any atom is -0.384 e. The van der Waals surface area contributed by atoms with E-state index in [-0.39, 0.29) is 5.41 Å². The molecule has 0 amide bonds. The van der Waals surface area contributed by atoms with Crippen molar-refractivity contribution < 1.29 is 5.11 Å². The molecule has 2 saturated carbocycles. The Kier molecular flexibility index (Phi) is 2.99. The van der Waals surface area contributed by atoms with Crippen molar-refractivity contribution in [3.05, 3.63) is 70.8 Å². The van der Waals surface area contributed by atoms with Crippen LogP contribution >= 0.6 is 0 Å². The molecule has 0 aromatic heterocycles. The van der Waals surface area contributed by atoms with Crippen molar-refractivity contribution >= 4 is 0 Å². The van der Waals surface area contributed by atoms with Gasteiger partial charge in [-0.3, -0.25) is 0 Å². The number of hydrogen-bond donors (Lipinski definition) is 1. The van der Waals surface area contributed by atoms with Crippen molar-refractivity contribution in [1.82, 2.24) is 0 Å². The van der Waals surface area contributed by atoms with Crippen molar-refractivity contribution in [2.75, 3.05) is 0 Å². The predicted octanol–water partition coefficient (Wildman–Crippen LogP) is 4.63. The first-order chi connectivity index (χ1) is 10.5. The molecule has 3 unspecified atom stereocenters. The van der Waals surface area contributed by atoms with Crippen molar-refractivity contribution in [2.24, 2.45) is 5.92 Å². The summed E-state index contributed by atoms with van der Waals surface area (Å²) in [7, 11) is 0. The minimum absolute atomic E-state index is 0.0966. The molecule has 2 aliphatic rings. The Morgan fingerprint density at radius 2 is 1.36 bits per heavy atom. The summed E-state index contributed by atoms with van der Waals surface area (Å²) in [5.74, 6) is 0.660. The Morgan fingerprint density at radius 3 is 1.91 bits per heavy atom. The van der Waals surface area contributed by atoms with Gasteiger partial charge in [-0.25, -0.2) is 0 Å². The van der Waals surface area contributed by atoms with E-state index in [9.17, 15) is 5.11 Å². The van der Waals surface area contributed by atoms with Crippen molar-refractivity contribution in [1.29, 1.82) is 0 Å². The lowest BCUT2D eigenvalue weighted by atomic mass is 9.64. The Bertz CT molecular complexity index is 683. The number of rotatable bonds is 2. The van der Waals surface area contributed by atoms with Gasteiger partial charge in [0.1, 0.15) is 0 Å². The molecule has 114 valence electrons. The molecule has 1 N–H and O–H groups in total. The third-order valence-electron chi connectivity index (χ3n) is 6.13. The van der Waals surface area contributed by atoms with Crippen LogP contribution < -0.4 is 0 Å². The summed E-state index contributed by atoms with van der Waals surface area (Å²) >= 11 is 0. The van der Waals surface area contributed by atoms with Crippen LogP contribution in [0.25, 0.3) is 0 Å². The Balaban J connectivity index is 1.85. The normalized spacial score (nSPS) is 33.3. The Hall–Kier alpha value is -1.60. The van der Waals surface area contributed by atoms with Crippen molar-refractivity contribution in [3.63, 3.8) is 0 Å². The summed E-state index contributed by atoms with van der Waals surface area (Å²) in [6.07, 6.45) is 4.39. The average molecular weight is 292 g/mol. The maximum absolute atomic E-state index is 11.7. The quantitative estimate of drug-likeness (QED) is 0.855.